The molecule has 0 fully saturated rings. The van der Waals surface area contributed by atoms with Crippen LogP contribution in [0.4, 0.5) is 10.5 Å². The van der Waals surface area contributed by atoms with Gasteiger partial charge >= 0.3 is 6.03 Å². The number of amides is 3. The van der Waals surface area contributed by atoms with Crippen LogP contribution in [-0.4, -0.2) is 37.0 Å². The Hall–Kier alpha value is -2.73. The predicted molar refractivity (Wildman–Crippen MR) is 116 cm³/mol. The zero-order chi connectivity index (χ0) is 21.2. The maximum absolute atomic E-state index is 12.1. The number of hydrogen-bond donors (Lipinski definition) is 2. The summed E-state index contributed by atoms with van der Waals surface area (Å²) in [4.78, 5) is 25.8. The van der Waals surface area contributed by atoms with Crippen molar-refractivity contribution in [3.8, 4) is 5.75 Å². The summed E-state index contributed by atoms with van der Waals surface area (Å²) in [5.41, 5.74) is 1.63. The molecule has 29 heavy (non-hydrogen) atoms. The molecule has 0 spiro atoms. The number of nitrogens with one attached hydrogen (secondary N) is 2. The fourth-order valence-corrected chi connectivity index (χ4v) is 2.76. The van der Waals surface area contributed by atoms with Crippen molar-refractivity contribution in [2.45, 2.75) is 26.8 Å². The van der Waals surface area contributed by atoms with Crippen LogP contribution in [0.25, 0.3) is 0 Å². The summed E-state index contributed by atoms with van der Waals surface area (Å²) in [6.07, 6.45) is 0.161. The molecule has 0 aliphatic heterocycles. The number of rotatable bonds is 9. The van der Waals surface area contributed by atoms with Crippen LogP contribution in [0.15, 0.2) is 48.5 Å². The SMILES string of the molecule is CC(C)COc1ccc(NC(=O)CCNC(=O)N(C)Cc2ccccc2)cc1Cl. The molecule has 6 nitrogen and oxygen atoms in total. The van der Waals surface area contributed by atoms with E-state index in [0.717, 1.165) is 5.56 Å². The Morgan fingerprint density at radius 1 is 1.14 bits per heavy atom. The van der Waals surface area contributed by atoms with Crippen LogP contribution in [0.3, 0.4) is 0 Å². The van der Waals surface area contributed by atoms with Gasteiger partial charge in [-0.3, -0.25) is 4.79 Å². The summed E-state index contributed by atoms with van der Waals surface area (Å²) in [5.74, 6) is 0.780. The number of carbonyl (C=O) groups is 2. The van der Waals surface area contributed by atoms with Gasteiger partial charge in [0.2, 0.25) is 5.91 Å². The lowest BCUT2D eigenvalue weighted by molar-refractivity contribution is -0.116. The molecule has 0 atom stereocenters. The van der Waals surface area contributed by atoms with E-state index in [2.05, 4.69) is 24.5 Å². The zero-order valence-electron chi connectivity index (χ0n) is 17.1. The molecule has 0 aliphatic rings. The first-order valence-corrected chi connectivity index (χ1v) is 9.98. The van der Waals surface area contributed by atoms with Gasteiger partial charge in [-0.15, -0.1) is 0 Å². The quantitative estimate of drug-likeness (QED) is 0.629. The molecule has 2 N–H and O–H groups in total. The van der Waals surface area contributed by atoms with Crippen LogP contribution in [-0.2, 0) is 11.3 Å². The molecule has 7 heteroatoms. The van der Waals surface area contributed by atoms with Crippen LogP contribution in [0, 0.1) is 5.92 Å². The van der Waals surface area contributed by atoms with E-state index in [1.165, 1.54) is 0 Å². The predicted octanol–water partition coefficient (Wildman–Crippen LogP) is 4.55. The highest BCUT2D eigenvalue weighted by Gasteiger charge is 2.10. The van der Waals surface area contributed by atoms with Crippen molar-refractivity contribution >= 4 is 29.2 Å². The molecule has 0 bridgehead atoms. The summed E-state index contributed by atoms with van der Waals surface area (Å²) in [7, 11) is 1.72. The largest absolute Gasteiger partial charge is 0.492 e. The first kappa shape index (κ1) is 22.6. The summed E-state index contributed by atoms with van der Waals surface area (Å²) < 4.78 is 5.62. The van der Waals surface area contributed by atoms with Gasteiger partial charge in [-0.2, -0.15) is 0 Å². The van der Waals surface area contributed by atoms with Gasteiger partial charge in [0, 0.05) is 32.2 Å². The van der Waals surface area contributed by atoms with E-state index < -0.39 is 0 Å². The van der Waals surface area contributed by atoms with Crippen LogP contribution in [0.1, 0.15) is 25.8 Å². The molecule has 0 heterocycles. The summed E-state index contributed by atoms with van der Waals surface area (Å²) in [6.45, 7) is 5.43. The fourth-order valence-electron chi connectivity index (χ4n) is 2.52. The molecule has 0 aliphatic carbocycles. The highest BCUT2D eigenvalue weighted by molar-refractivity contribution is 6.32. The first-order valence-electron chi connectivity index (χ1n) is 9.60. The lowest BCUT2D eigenvalue weighted by Gasteiger charge is -2.18. The van der Waals surface area contributed by atoms with Crippen molar-refractivity contribution < 1.29 is 14.3 Å². The smallest absolute Gasteiger partial charge is 0.317 e. The highest BCUT2D eigenvalue weighted by Crippen LogP contribution is 2.28. The average molecular weight is 418 g/mol. The number of ether oxygens (including phenoxy) is 1. The zero-order valence-corrected chi connectivity index (χ0v) is 17.8. The third-order valence-electron chi connectivity index (χ3n) is 4.03. The number of carbonyl (C=O) groups excluding carboxylic acids is 2. The molecular formula is C22H28ClN3O3. The second-order valence-electron chi connectivity index (χ2n) is 7.22. The summed E-state index contributed by atoms with van der Waals surface area (Å²) in [6, 6.07) is 14.6. The van der Waals surface area contributed by atoms with Gasteiger partial charge in [-0.1, -0.05) is 55.8 Å². The number of anilines is 1. The van der Waals surface area contributed by atoms with Gasteiger partial charge in [0.1, 0.15) is 5.75 Å². The van der Waals surface area contributed by atoms with Crippen LogP contribution < -0.4 is 15.4 Å². The molecule has 2 rings (SSSR count). The van der Waals surface area contributed by atoms with E-state index >= 15 is 0 Å². The molecule has 2 aromatic rings. The van der Waals surface area contributed by atoms with Crippen LogP contribution in [0.2, 0.25) is 5.02 Å². The second-order valence-corrected chi connectivity index (χ2v) is 7.63. The molecule has 0 saturated carbocycles. The molecule has 2 aromatic carbocycles. The van der Waals surface area contributed by atoms with E-state index in [9.17, 15) is 9.59 Å². The number of benzene rings is 2. The summed E-state index contributed by atoms with van der Waals surface area (Å²) in [5, 5.41) is 5.96. The maximum atomic E-state index is 12.1. The van der Waals surface area contributed by atoms with Crippen LogP contribution >= 0.6 is 11.6 Å². The Bertz CT molecular complexity index is 812. The molecular weight excluding hydrogens is 390 g/mol. The van der Waals surface area contributed by atoms with Crippen LogP contribution in [0.5, 0.6) is 5.75 Å². The van der Waals surface area contributed by atoms with Crippen molar-refractivity contribution in [2.75, 3.05) is 25.5 Å². The lowest BCUT2D eigenvalue weighted by atomic mass is 10.2. The third-order valence-corrected chi connectivity index (χ3v) is 4.32. The standard InChI is InChI=1S/C22H28ClN3O3/c1-16(2)15-29-20-10-9-18(13-19(20)23)25-21(27)11-12-24-22(28)26(3)14-17-7-5-4-6-8-17/h4-10,13,16H,11-12,14-15H2,1-3H3,(H,24,28)(H,25,27). The van der Waals surface area contributed by atoms with Gasteiger partial charge in [0.15, 0.2) is 0 Å². The second kappa shape index (κ2) is 11.3. The van der Waals surface area contributed by atoms with Gasteiger partial charge in [0.05, 0.1) is 11.6 Å². The minimum absolute atomic E-state index is 0.161. The molecule has 0 radical (unpaired) electrons. The van der Waals surface area contributed by atoms with Crippen molar-refractivity contribution in [3.63, 3.8) is 0 Å². The number of urea groups is 1. The van der Waals surface area contributed by atoms with Gasteiger partial charge < -0.3 is 20.3 Å². The Morgan fingerprint density at radius 2 is 1.86 bits per heavy atom. The Morgan fingerprint density at radius 3 is 2.52 bits per heavy atom. The topological polar surface area (TPSA) is 70.7 Å². The van der Waals surface area contributed by atoms with Gasteiger partial charge in [0.25, 0.3) is 0 Å². The number of hydrogen-bond acceptors (Lipinski definition) is 3. The number of nitrogens with zero attached hydrogens (tertiary/aromatic N) is 1. The minimum atomic E-state index is -0.226. The molecule has 0 saturated heterocycles. The normalized spacial score (nSPS) is 10.5. The Kier molecular flexibility index (Phi) is 8.80. The van der Waals surface area contributed by atoms with Crippen molar-refractivity contribution in [1.82, 2.24) is 10.2 Å². The average Bonchev–Trinajstić information content (AvgIpc) is 2.67. The van der Waals surface area contributed by atoms with E-state index in [1.807, 2.05) is 30.3 Å². The van der Waals surface area contributed by atoms with Crippen molar-refractivity contribution in [2.24, 2.45) is 5.92 Å². The van der Waals surface area contributed by atoms with Crippen molar-refractivity contribution in [1.29, 1.82) is 0 Å². The van der Waals surface area contributed by atoms with E-state index in [1.54, 1.807) is 30.1 Å². The maximum Gasteiger partial charge on any atom is 0.317 e. The highest BCUT2D eigenvalue weighted by atomic mass is 35.5. The third kappa shape index (κ3) is 8.03. The Labute approximate surface area is 177 Å². The van der Waals surface area contributed by atoms with Gasteiger partial charge in [-0.05, 0) is 29.7 Å². The lowest BCUT2D eigenvalue weighted by Crippen LogP contribution is -2.38. The molecule has 156 valence electrons. The Balaban J connectivity index is 1.73. The van der Waals surface area contributed by atoms with E-state index in [4.69, 9.17) is 16.3 Å². The molecule has 0 aromatic heterocycles. The molecule has 3 amide bonds. The van der Waals surface area contributed by atoms with Crippen molar-refractivity contribution in [3.05, 3.63) is 59.1 Å². The van der Waals surface area contributed by atoms with E-state index in [-0.39, 0.29) is 24.9 Å². The summed E-state index contributed by atoms with van der Waals surface area (Å²) >= 11 is 6.20. The molecule has 0 unspecified atom stereocenters. The monoisotopic (exact) mass is 417 g/mol. The number of halogens is 1. The fraction of sp³-hybridized carbons (Fsp3) is 0.364. The minimum Gasteiger partial charge on any atom is -0.492 e. The first-order chi connectivity index (χ1) is 13.8. The van der Waals surface area contributed by atoms with Gasteiger partial charge in [-0.25, -0.2) is 4.79 Å². The van der Waals surface area contributed by atoms with E-state index in [0.29, 0.717) is 35.5 Å².